The second kappa shape index (κ2) is 4.30. The molecular formula is C11H15BrN2. The molecule has 2 unspecified atom stereocenters. The van der Waals surface area contributed by atoms with Crippen molar-refractivity contribution in [3.05, 3.63) is 24.5 Å². The summed E-state index contributed by atoms with van der Waals surface area (Å²) in [4.78, 5) is 7.11. The summed E-state index contributed by atoms with van der Waals surface area (Å²) in [5.41, 5.74) is 1.29. The number of piperidine rings is 1. The fourth-order valence-corrected chi connectivity index (χ4v) is 2.61. The van der Waals surface area contributed by atoms with Gasteiger partial charge >= 0.3 is 0 Å². The number of halogens is 1. The van der Waals surface area contributed by atoms with Gasteiger partial charge in [-0.2, -0.15) is 0 Å². The Hall–Kier alpha value is -0.570. The number of hydrogen-bond donors (Lipinski definition) is 0. The lowest BCUT2D eigenvalue weighted by Crippen LogP contribution is -2.44. The highest BCUT2D eigenvalue weighted by atomic mass is 79.9. The number of alkyl halides is 1. The monoisotopic (exact) mass is 254 g/mol. The fourth-order valence-electron chi connectivity index (χ4n) is 2.00. The SMILES string of the molecule is CC1C(Br)CCCN1c1ccncc1. The smallest absolute Gasteiger partial charge is 0.0399 e. The summed E-state index contributed by atoms with van der Waals surface area (Å²) < 4.78 is 0. The molecule has 0 aromatic carbocycles. The van der Waals surface area contributed by atoms with Crippen LogP contribution in [0.2, 0.25) is 0 Å². The molecule has 0 spiro atoms. The van der Waals surface area contributed by atoms with Crippen molar-refractivity contribution in [3.8, 4) is 0 Å². The highest BCUT2D eigenvalue weighted by molar-refractivity contribution is 9.09. The second-order valence-electron chi connectivity index (χ2n) is 3.80. The Bertz CT molecular complexity index is 289. The van der Waals surface area contributed by atoms with Crippen molar-refractivity contribution in [2.24, 2.45) is 0 Å². The van der Waals surface area contributed by atoms with Gasteiger partial charge in [-0.05, 0) is 31.9 Å². The summed E-state index contributed by atoms with van der Waals surface area (Å²) in [6.45, 7) is 3.44. The Kier molecular flexibility index (Phi) is 3.06. The largest absolute Gasteiger partial charge is 0.368 e. The number of aromatic nitrogens is 1. The van der Waals surface area contributed by atoms with Gasteiger partial charge in [0.2, 0.25) is 0 Å². The van der Waals surface area contributed by atoms with Crippen molar-refractivity contribution in [2.45, 2.75) is 30.6 Å². The van der Waals surface area contributed by atoms with Crippen LogP contribution in [0.4, 0.5) is 5.69 Å². The van der Waals surface area contributed by atoms with Gasteiger partial charge in [0.05, 0.1) is 0 Å². The van der Waals surface area contributed by atoms with Gasteiger partial charge < -0.3 is 4.90 Å². The first-order valence-electron chi connectivity index (χ1n) is 5.10. The Morgan fingerprint density at radius 1 is 1.43 bits per heavy atom. The van der Waals surface area contributed by atoms with E-state index in [1.807, 2.05) is 12.4 Å². The first kappa shape index (κ1) is 9.97. The van der Waals surface area contributed by atoms with E-state index in [-0.39, 0.29) is 0 Å². The third-order valence-electron chi connectivity index (χ3n) is 2.89. The van der Waals surface area contributed by atoms with E-state index in [1.165, 1.54) is 18.5 Å². The molecular weight excluding hydrogens is 240 g/mol. The minimum atomic E-state index is 0.575. The Morgan fingerprint density at radius 3 is 2.86 bits per heavy atom. The second-order valence-corrected chi connectivity index (χ2v) is 4.97. The van der Waals surface area contributed by atoms with Gasteiger partial charge in [-0.25, -0.2) is 0 Å². The molecule has 0 bridgehead atoms. The van der Waals surface area contributed by atoms with Gasteiger partial charge in [-0.15, -0.1) is 0 Å². The topological polar surface area (TPSA) is 16.1 Å². The van der Waals surface area contributed by atoms with Crippen molar-refractivity contribution in [1.29, 1.82) is 0 Å². The molecule has 0 N–H and O–H groups in total. The Morgan fingerprint density at radius 2 is 2.14 bits per heavy atom. The third kappa shape index (κ3) is 1.92. The number of nitrogens with zero attached hydrogens (tertiary/aromatic N) is 2. The van der Waals surface area contributed by atoms with E-state index in [9.17, 15) is 0 Å². The maximum Gasteiger partial charge on any atom is 0.0399 e. The molecule has 1 aromatic rings. The van der Waals surface area contributed by atoms with E-state index >= 15 is 0 Å². The lowest BCUT2D eigenvalue weighted by atomic mass is 10.0. The van der Waals surface area contributed by atoms with Crippen LogP contribution in [0.15, 0.2) is 24.5 Å². The van der Waals surface area contributed by atoms with Crippen molar-refractivity contribution >= 4 is 21.6 Å². The lowest BCUT2D eigenvalue weighted by Gasteiger charge is -2.38. The highest BCUT2D eigenvalue weighted by Gasteiger charge is 2.25. The van der Waals surface area contributed by atoms with Gasteiger partial charge in [0.15, 0.2) is 0 Å². The molecule has 0 saturated carbocycles. The van der Waals surface area contributed by atoms with E-state index in [1.54, 1.807) is 0 Å². The van der Waals surface area contributed by atoms with Crippen molar-refractivity contribution in [1.82, 2.24) is 4.98 Å². The lowest BCUT2D eigenvalue weighted by molar-refractivity contribution is 0.503. The summed E-state index contributed by atoms with van der Waals surface area (Å²) in [6, 6.07) is 4.74. The van der Waals surface area contributed by atoms with E-state index in [2.05, 4.69) is 44.9 Å². The zero-order chi connectivity index (χ0) is 9.97. The number of rotatable bonds is 1. The number of anilines is 1. The molecule has 0 amide bonds. The fraction of sp³-hybridized carbons (Fsp3) is 0.545. The average molecular weight is 255 g/mol. The minimum Gasteiger partial charge on any atom is -0.368 e. The third-order valence-corrected chi connectivity index (χ3v) is 4.11. The van der Waals surface area contributed by atoms with Gasteiger partial charge in [-0.3, -0.25) is 4.98 Å². The molecule has 3 heteroatoms. The molecule has 0 radical (unpaired) electrons. The van der Waals surface area contributed by atoms with Gasteiger partial charge in [0, 0.05) is 35.5 Å². The van der Waals surface area contributed by atoms with Gasteiger partial charge in [0.25, 0.3) is 0 Å². The predicted octanol–water partition coefficient (Wildman–Crippen LogP) is 2.83. The van der Waals surface area contributed by atoms with Crippen LogP contribution in [-0.2, 0) is 0 Å². The molecule has 2 nitrogen and oxygen atoms in total. The van der Waals surface area contributed by atoms with E-state index in [0.717, 1.165) is 6.54 Å². The van der Waals surface area contributed by atoms with Gasteiger partial charge in [-0.1, -0.05) is 15.9 Å². The van der Waals surface area contributed by atoms with Crippen LogP contribution >= 0.6 is 15.9 Å². The quantitative estimate of drug-likeness (QED) is 0.717. The molecule has 1 aromatic heterocycles. The molecule has 1 saturated heterocycles. The first-order chi connectivity index (χ1) is 6.79. The van der Waals surface area contributed by atoms with Crippen LogP contribution in [0.1, 0.15) is 19.8 Å². The Labute approximate surface area is 93.5 Å². The van der Waals surface area contributed by atoms with E-state index in [4.69, 9.17) is 0 Å². The molecule has 2 atom stereocenters. The molecule has 1 aliphatic heterocycles. The first-order valence-corrected chi connectivity index (χ1v) is 6.01. The zero-order valence-electron chi connectivity index (χ0n) is 8.36. The minimum absolute atomic E-state index is 0.575. The summed E-state index contributed by atoms with van der Waals surface area (Å²) in [5, 5.41) is 0. The zero-order valence-corrected chi connectivity index (χ0v) is 9.94. The van der Waals surface area contributed by atoms with Crippen molar-refractivity contribution in [3.63, 3.8) is 0 Å². The summed E-state index contributed by atoms with van der Waals surface area (Å²) in [5.74, 6) is 0. The summed E-state index contributed by atoms with van der Waals surface area (Å²) in [7, 11) is 0. The van der Waals surface area contributed by atoms with Crippen LogP contribution in [0, 0.1) is 0 Å². The van der Waals surface area contributed by atoms with Crippen LogP contribution < -0.4 is 4.90 Å². The maximum atomic E-state index is 4.05. The predicted molar refractivity (Wildman–Crippen MR) is 63.0 cm³/mol. The average Bonchev–Trinajstić information content (AvgIpc) is 2.23. The standard InChI is InChI=1S/C11H15BrN2/c1-9-11(12)3-2-8-14(9)10-4-6-13-7-5-10/h4-7,9,11H,2-3,8H2,1H3. The number of pyridine rings is 1. The van der Waals surface area contributed by atoms with Crippen LogP contribution in [0.3, 0.4) is 0 Å². The molecule has 2 rings (SSSR count). The van der Waals surface area contributed by atoms with Crippen LogP contribution in [0.25, 0.3) is 0 Å². The maximum absolute atomic E-state index is 4.05. The molecule has 2 heterocycles. The van der Waals surface area contributed by atoms with E-state index < -0.39 is 0 Å². The van der Waals surface area contributed by atoms with Crippen molar-refractivity contribution < 1.29 is 0 Å². The molecule has 14 heavy (non-hydrogen) atoms. The van der Waals surface area contributed by atoms with Crippen LogP contribution in [-0.4, -0.2) is 22.4 Å². The molecule has 0 aliphatic carbocycles. The number of hydrogen-bond acceptors (Lipinski definition) is 2. The summed E-state index contributed by atoms with van der Waals surface area (Å²) >= 11 is 3.73. The van der Waals surface area contributed by atoms with Crippen LogP contribution in [0.5, 0.6) is 0 Å². The molecule has 1 fully saturated rings. The normalized spacial score (nSPS) is 27.7. The highest BCUT2D eigenvalue weighted by Crippen LogP contribution is 2.27. The van der Waals surface area contributed by atoms with Gasteiger partial charge in [0.1, 0.15) is 0 Å². The van der Waals surface area contributed by atoms with Crippen molar-refractivity contribution in [2.75, 3.05) is 11.4 Å². The van der Waals surface area contributed by atoms with E-state index in [0.29, 0.717) is 10.9 Å². The molecule has 76 valence electrons. The molecule has 1 aliphatic rings. The Balaban J connectivity index is 2.17. The summed E-state index contributed by atoms with van der Waals surface area (Å²) in [6.07, 6.45) is 6.27.